The molecule has 1 atom stereocenters. The Kier molecular flexibility index (Phi) is 6.82. The number of hydrogen-bond acceptors (Lipinski definition) is 4. The molecule has 8 heteroatoms. The number of amides is 2. The van der Waals surface area contributed by atoms with Gasteiger partial charge in [-0.15, -0.1) is 0 Å². The zero-order valence-corrected chi connectivity index (χ0v) is 19.3. The SMILES string of the molecule is CCN(C(=O)c1cccc(F)c1NC(=O)OCC1c2ccccc2-c2ccccc21)C(C)C(=O)O. The van der Waals surface area contributed by atoms with E-state index in [1.165, 1.54) is 19.1 Å². The smallest absolute Gasteiger partial charge is 0.411 e. The Morgan fingerprint density at radius 3 is 2.17 bits per heavy atom. The minimum absolute atomic E-state index is 0.0225. The van der Waals surface area contributed by atoms with Crippen LogP contribution in [0.2, 0.25) is 0 Å². The highest BCUT2D eigenvalue weighted by Gasteiger charge is 2.30. The van der Waals surface area contributed by atoms with Gasteiger partial charge in [0.1, 0.15) is 18.5 Å². The standard InChI is InChI=1S/C27H25FN2O5/c1-3-30(16(2)26(32)33)25(31)21-13-8-14-23(28)24(21)29-27(34)35-15-22-19-11-6-4-9-17(19)18-10-5-7-12-20(18)22/h4-14,16,22H,3,15H2,1-2H3,(H,29,34)(H,32,33). The predicted molar refractivity (Wildman–Crippen MR) is 129 cm³/mol. The van der Waals surface area contributed by atoms with Gasteiger partial charge in [0.15, 0.2) is 0 Å². The normalized spacial score (nSPS) is 12.9. The third-order valence-corrected chi connectivity index (χ3v) is 6.24. The quantitative estimate of drug-likeness (QED) is 0.493. The van der Waals surface area contributed by atoms with Crippen LogP contribution >= 0.6 is 0 Å². The fourth-order valence-electron chi connectivity index (χ4n) is 4.45. The molecule has 2 N–H and O–H groups in total. The number of nitrogens with one attached hydrogen (secondary N) is 1. The fraction of sp³-hybridized carbons (Fsp3) is 0.222. The highest BCUT2D eigenvalue weighted by atomic mass is 19.1. The summed E-state index contributed by atoms with van der Waals surface area (Å²) < 4.78 is 20.1. The number of rotatable bonds is 7. The van der Waals surface area contributed by atoms with E-state index in [2.05, 4.69) is 5.32 Å². The summed E-state index contributed by atoms with van der Waals surface area (Å²) in [6.45, 7) is 3.10. The van der Waals surface area contributed by atoms with Crippen LogP contribution in [0.15, 0.2) is 66.7 Å². The predicted octanol–water partition coefficient (Wildman–Crippen LogP) is 5.12. The third kappa shape index (κ3) is 4.59. The first-order valence-corrected chi connectivity index (χ1v) is 11.3. The lowest BCUT2D eigenvalue weighted by Gasteiger charge is -2.26. The van der Waals surface area contributed by atoms with Crippen molar-refractivity contribution < 1.29 is 28.6 Å². The molecule has 0 spiro atoms. The molecule has 1 unspecified atom stereocenters. The second kappa shape index (κ2) is 9.97. The first-order chi connectivity index (χ1) is 16.8. The first-order valence-electron chi connectivity index (χ1n) is 11.3. The Morgan fingerprint density at radius 1 is 1.00 bits per heavy atom. The number of fused-ring (bicyclic) bond motifs is 3. The second-order valence-corrected chi connectivity index (χ2v) is 8.22. The molecule has 0 aliphatic heterocycles. The topological polar surface area (TPSA) is 95.9 Å². The molecule has 35 heavy (non-hydrogen) atoms. The summed E-state index contributed by atoms with van der Waals surface area (Å²) in [6, 6.07) is 18.4. The summed E-state index contributed by atoms with van der Waals surface area (Å²) in [6.07, 6.45) is -0.916. The Hall–Kier alpha value is -4.20. The summed E-state index contributed by atoms with van der Waals surface area (Å²) >= 11 is 0. The molecule has 0 aromatic heterocycles. The van der Waals surface area contributed by atoms with Gasteiger partial charge in [0.25, 0.3) is 5.91 Å². The molecule has 7 nitrogen and oxygen atoms in total. The van der Waals surface area contributed by atoms with E-state index in [4.69, 9.17) is 4.74 Å². The Morgan fingerprint density at radius 2 is 1.60 bits per heavy atom. The molecule has 0 heterocycles. The van der Waals surface area contributed by atoms with E-state index in [1.54, 1.807) is 6.92 Å². The number of carboxylic acids is 1. The van der Waals surface area contributed by atoms with Crippen LogP contribution in [0, 0.1) is 5.82 Å². The van der Waals surface area contributed by atoms with Crippen LogP contribution in [0.3, 0.4) is 0 Å². The number of likely N-dealkylation sites (N-methyl/N-ethyl adjacent to an activating group) is 1. The van der Waals surface area contributed by atoms with Crippen molar-refractivity contribution >= 4 is 23.7 Å². The highest BCUT2D eigenvalue weighted by molar-refractivity contribution is 6.04. The lowest BCUT2D eigenvalue weighted by molar-refractivity contribution is -0.141. The lowest BCUT2D eigenvalue weighted by atomic mass is 9.98. The van der Waals surface area contributed by atoms with Gasteiger partial charge in [0.2, 0.25) is 0 Å². The largest absolute Gasteiger partial charge is 0.480 e. The lowest BCUT2D eigenvalue weighted by Crippen LogP contribution is -2.43. The van der Waals surface area contributed by atoms with Crippen LogP contribution < -0.4 is 5.32 Å². The minimum atomic E-state index is -1.19. The van der Waals surface area contributed by atoms with Gasteiger partial charge in [0, 0.05) is 12.5 Å². The number of benzene rings is 3. The molecule has 0 saturated heterocycles. The van der Waals surface area contributed by atoms with Crippen molar-refractivity contribution in [3.8, 4) is 11.1 Å². The van der Waals surface area contributed by atoms with E-state index in [1.807, 2.05) is 48.5 Å². The van der Waals surface area contributed by atoms with Crippen molar-refractivity contribution in [2.75, 3.05) is 18.5 Å². The summed E-state index contributed by atoms with van der Waals surface area (Å²) in [5, 5.41) is 11.7. The second-order valence-electron chi connectivity index (χ2n) is 8.22. The zero-order chi connectivity index (χ0) is 25.1. The van der Waals surface area contributed by atoms with E-state index >= 15 is 0 Å². The average molecular weight is 477 g/mol. The van der Waals surface area contributed by atoms with E-state index < -0.39 is 29.8 Å². The Bertz CT molecular complexity index is 1250. The molecule has 3 aromatic carbocycles. The maximum Gasteiger partial charge on any atom is 0.411 e. The van der Waals surface area contributed by atoms with Gasteiger partial charge in [-0.1, -0.05) is 54.6 Å². The average Bonchev–Trinajstić information content (AvgIpc) is 3.18. The number of aliphatic carboxylic acids is 1. The highest BCUT2D eigenvalue weighted by Crippen LogP contribution is 2.44. The third-order valence-electron chi connectivity index (χ3n) is 6.24. The summed E-state index contributed by atoms with van der Waals surface area (Å²) in [7, 11) is 0. The number of carbonyl (C=O) groups excluding carboxylic acids is 2. The zero-order valence-electron chi connectivity index (χ0n) is 19.3. The van der Waals surface area contributed by atoms with Crippen LogP contribution in [0.4, 0.5) is 14.9 Å². The number of ether oxygens (including phenoxy) is 1. The number of nitrogens with zero attached hydrogens (tertiary/aromatic N) is 1. The number of hydrogen-bond donors (Lipinski definition) is 2. The van der Waals surface area contributed by atoms with Crippen molar-refractivity contribution in [2.24, 2.45) is 0 Å². The number of para-hydroxylation sites is 1. The molecule has 0 fully saturated rings. The Balaban J connectivity index is 1.53. The van der Waals surface area contributed by atoms with Crippen molar-refractivity contribution in [1.29, 1.82) is 0 Å². The van der Waals surface area contributed by atoms with E-state index in [0.717, 1.165) is 33.2 Å². The summed E-state index contributed by atoms with van der Waals surface area (Å²) in [5.74, 6) is -2.91. The molecular formula is C27H25FN2O5. The van der Waals surface area contributed by atoms with E-state index in [0.29, 0.717) is 0 Å². The van der Waals surface area contributed by atoms with Crippen LogP contribution in [0.5, 0.6) is 0 Å². The van der Waals surface area contributed by atoms with Crippen LogP contribution in [-0.2, 0) is 9.53 Å². The van der Waals surface area contributed by atoms with Crippen LogP contribution in [-0.4, -0.2) is 47.2 Å². The van der Waals surface area contributed by atoms with Gasteiger partial charge in [-0.2, -0.15) is 0 Å². The van der Waals surface area contributed by atoms with Crippen molar-refractivity contribution in [2.45, 2.75) is 25.8 Å². The molecule has 1 aliphatic carbocycles. The molecule has 4 rings (SSSR count). The molecule has 0 radical (unpaired) electrons. The first kappa shape index (κ1) is 23.9. The van der Waals surface area contributed by atoms with Gasteiger partial charge >= 0.3 is 12.1 Å². The molecule has 3 aromatic rings. The number of halogens is 1. The van der Waals surface area contributed by atoms with Crippen LogP contribution in [0.25, 0.3) is 11.1 Å². The van der Waals surface area contributed by atoms with Gasteiger partial charge in [-0.25, -0.2) is 14.0 Å². The molecule has 1 aliphatic rings. The van der Waals surface area contributed by atoms with Gasteiger partial charge in [-0.3, -0.25) is 10.1 Å². The monoisotopic (exact) mass is 476 g/mol. The summed E-state index contributed by atoms with van der Waals surface area (Å²) in [4.78, 5) is 38.2. The van der Waals surface area contributed by atoms with Crippen LogP contribution in [0.1, 0.15) is 41.3 Å². The molecule has 0 saturated carbocycles. The molecule has 180 valence electrons. The van der Waals surface area contributed by atoms with Gasteiger partial charge < -0.3 is 14.7 Å². The minimum Gasteiger partial charge on any atom is -0.480 e. The maximum atomic E-state index is 14.7. The van der Waals surface area contributed by atoms with Gasteiger partial charge in [0.05, 0.1) is 11.3 Å². The van der Waals surface area contributed by atoms with Gasteiger partial charge in [-0.05, 0) is 48.2 Å². The van der Waals surface area contributed by atoms with E-state index in [-0.39, 0.29) is 30.3 Å². The number of anilines is 1. The Labute approximate surface area is 202 Å². The van der Waals surface area contributed by atoms with E-state index in [9.17, 15) is 23.9 Å². The van der Waals surface area contributed by atoms with Crippen molar-refractivity contribution in [3.63, 3.8) is 0 Å². The fourth-order valence-corrected chi connectivity index (χ4v) is 4.45. The van der Waals surface area contributed by atoms with Crippen molar-refractivity contribution in [1.82, 2.24) is 4.90 Å². The number of carbonyl (C=O) groups is 3. The molecule has 2 amide bonds. The molecule has 0 bridgehead atoms. The van der Waals surface area contributed by atoms with Crippen molar-refractivity contribution in [3.05, 3.63) is 89.2 Å². The molecular weight excluding hydrogens is 451 g/mol. The summed E-state index contributed by atoms with van der Waals surface area (Å²) in [5.41, 5.74) is 3.70. The number of carboxylic acid groups (broad SMARTS) is 1. The maximum absolute atomic E-state index is 14.7.